The molecular weight excluding hydrogens is 232 g/mol. The third kappa shape index (κ3) is 2.26. The molecule has 6 heteroatoms. The summed E-state index contributed by atoms with van der Waals surface area (Å²) >= 11 is 0. The van der Waals surface area contributed by atoms with Crippen molar-refractivity contribution in [1.82, 2.24) is 5.32 Å². The van der Waals surface area contributed by atoms with E-state index in [1.807, 2.05) is 13.1 Å². The average molecular weight is 246 g/mol. The number of nitro groups is 1. The Hall–Kier alpha value is -2.13. The van der Waals surface area contributed by atoms with Gasteiger partial charge in [-0.15, -0.1) is 0 Å². The zero-order chi connectivity index (χ0) is 13.1. The Morgan fingerprint density at radius 1 is 1.61 bits per heavy atom. The Morgan fingerprint density at radius 3 is 2.94 bits per heavy atom. The van der Waals surface area contributed by atoms with Crippen molar-refractivity contribution in [2.75, 3.05) is 25.0 Å². The van der Waals surface area contributed by atoms with Gasteiger partial charge in [-0.2, -0.15) is 5.26 Å². The summed E-state index contributed by atoms with van der Waals surface area (Å²) in [6.45, 7) is 1.88. The van der Waals surface area contributed by atoms with Gasteiger partial charge in [0.15, 0.2) is 0 Å². The van der Waals surface area contributed by atoms with Gasteiger partial charge in [-0.3, -0.25) is 10.1 Å². The van der Waals surface area contributed by atoms with E-state index in [0.717, 1.165) is 25.2 Å². The zero-order valence-corrected chi connectivity index (χ0v) is 10.1. The molecular formula is C12H14N4O2. The summed E-state index contributed by atoms with van der Waals surface area (Å²) in [5.74, 6) is 0. The van der Waals surface area contributed by atoms with Gasteiger partial charge in [-0.1, -0.05) is 0 Å². The fourth-order valence-electron chi connectivity index (χ4n) is 2.17. The van der Waals surface area contributed by atoms with Gasteiger partial charge in [0.05, 0.1) is 4.92 Å². The maximum Gasteiger partial charge on any atom is 0.287 e. The van der Waals surface area contributed by atoms with E-state index in [0.29, 0.717) is 6.04 Å². The first-order chi connectivity index (χ1) is 8.63. The van der Waals surface area contributed by atoms with Crippen molar-refractivity contribution in [3.63, 3.8) is 0 Å². The molecule has 1 heterocycles. The number of nitrogens with one attached hydrogen (secondary N) is 1. The summed E-state index contributed by atoms with van der Waals surface area (Å²) in [4.78, 5) is 12.3. The molecule has 1 aliphatic heterocycles. The number of likely N-dealkylation sites (N-methyl/N-ethyl adjacent to an activating group) is 1. The van der Waals surface area contributed by atoms with E-state index in [2.05, 4.69) is 10.2 Å². The second-order valence-electron chi connectivity index (χ2n) is 4.33. The van der Waals surface area contributed by atoms with Gasteiger partial charge in [0.1, 0.15) is 11.6 Å². The van der Waals surface area contributed by atoms with Crippen molar-refractivity contribution in [3.05, 3.63) is 33.9 Å². The second kappa shape index (κ2) is 5.02. The maximum atomic E-state index is 10.7. The number of benzene rings is 1. The second-order valence-corrected chi connectivity index (χ2v) is 4.33. The lowest BCUT2D eigenvalue weighted by Crippen LogP contribution is -2.33. The van der Waals surface area contributed by atoms with Crippen molar-refractivity contribution in [2.45, 2.75) is 12.5 Å². The first kappa shape index (κ1) is 12.3. The smallest absolute Gasteiger partial charge is 0.287 e. The molecule has 1 aliphatic rings. The minimum Gasteiger partial charge on any atom is -0.370 e. The highest BCUT2D eigenvalue weighted by atomic mass is 16.6. The topological polar surface area (TPSA) is 82.2 Å². The molecule has 0 spiro atoms. The number of hydrogen-bond acceptors (Lipinski definition) is 5. The van der Waals surface area contributed by atoms with Crippen LogP contribution in [-0.4, -0.2) is 31.1 Å². The van der Waals surface area contributed by atoms with E-state index in [1.54, 1.807) is 12.1 Å². The van der Waals surface area contributed by atoms with E-state index in [-0.39, 0.29) is 11.3 Å². The Balaban J connectivity index is 2.29. The van der Waals surface area contributed by atoms with Crippen molar-refractivity contribution in [3.8, 4) is 6.07 Å². The first-order valence-corrected chi connectivity index (χ1v) is 5.75. The number of nitriles is 1. The van der Waals surface area contributed by atoms with Gasteiger partial charge in [0.2, 0.25) is 0 Å². The van der Waals surface area contributed by atoms with Gasteiger partial charge in [0.25, 0.3) is 5.69 Å². The molecule has 6 nitrogen and oxygen atoms in total. The predicted octanol–water partition coefficient (Wildman–Crippen LogP) is 1.26. The lowest BCUT2D eigenvalue weighted by Gasteiger charge is -2.26. The van der Waals surface area contributed by atoms with Gasteiger partial charge in [-0.05, 0) is 25.1 Å². The van der Waals surface area contributed by atoms with Gasteiger partial charge >= 0.3 is 0 Å². The van der Waals surface area contributed by atoms with Crippen molar-refractivity contribution >= 4 is 11.4 Å². The summed E-state index contributed by atoms with van der Waals surface area (Å²) in [5.41, 5.74) is 0.806. The summed E-state index contributed by atoms with van der Waals surface area (Å²) in [6, 6.07) is 6.92. The van der Waals surface area contributed by atoms with Crippen LogP contribution in [0, 0.1) is 21.4 Å². The number of nitrogens with zero attached hydrogens (tertiary/aromatic N) is 3. The largest absolute Gasteiger partial charge is 0.370 e. The fourth-order valence-corrected chi connectivity index (χ4v) is 2.17. The summed E-state index contributed by atoms with van der Waals surface area (Å²) in [6.07, 6.45) is 1.04. The highest BCUT2D eigenvalue weighted by Gasteiger charge is 2.21. The van der Waals surface area contributed by atoms with Crippen LogP contribution >= 0.6 is 0 Å². The molecule has 1 N–H and O–H groups in total. The van der Waals surface area contributed by atoms with Crippen LogP contribution in [-0.2, 0) is 0 Å². The van der Waals surface area contributed by atoms with E-state index in [1.165, 1.54) is 6.07 Å². The standard InChI is InChI=1S/C12H14N4O2/c1-15(11-4-5-14-8-11)10-2-3-12(16(17)18)9(6-10)7-13/h2-3,6,11,14H,4-5,8H2,1H3. The lowest BCUT2D eigenvalue weighted by molar-refractivity contribution is -0.385. The zero-order valence-electron chi connectivity index (χ0n) is 10.1. The molecule has 1 atom stereocenters. The Kier molecular flexibility index (Phi) is 3.44. The Morgan fingerprint density at radius 2 is 2.39 bits per heavy atom. The minimum atomic E-state index is -0.528. The molecule has 1 unspecified atom stereocenters. The van der Waals surface area contributed by atoms with Crippen LogP contribution in [0.15, 0.2) is 18.2 Å². The van der Waals surface area contributed by atoms with Crippen LogP contribution < -0.4 is 10.2 Å². The van der Waals surface area contributed by atoms with E-state index < -0.39 is 4.92 Å². The number of nitro benzene ring substituents is 1. The van der Waals surface area contributed by atoms with Crippen molar-refractivity contribution in [1.29, 1.82) is 5.26 Å². The first-order valence-electron chi connectivity index (χ1n) is 5.75. The van der Waals surface area contributed by atoms with Crippen molar-refractivity contribution < 1.29 is 4.92 Å². The highest BCUT2D eigenvalue weighted by molar-refractivity contribution is 5.60. The highest BCUT2D eigenvalue weighted by Crippen LogP contribution is 2.25. The van der Waals surface area contributed by atoms with E-state index >= 15 is 0 Å². The molecule has 0 amide bonds. The third-order valence-corrected chi connectivity index (χ3v) is 3.29. The van der Waals surface area contributed by atoms with Crippen LogP contribution in [0.4, 0.5) is 11.4 Å². The maximum absolute atomic E-state index is 10.7. The molecule has 1 aromatic rings. The molecule has 2 rings (SSSR count). The Bertz CT molecular complexity index is 503. The Labute approximate surface area is 105 Å². The molecule has 1 saturated heterocycles. The molecule has 0 aromatic heterocycles. The van der Waals surface area contributed by atoms with Crippen LogP contribution in [0.3, 0.4) is 0 Å². The molecule has 1 aromatic carbocycles. The van der Waals surface area contributed by atoms with Gasteiger partial charge < -0.3 is 10.2 Å². The van der Waals surface area contributed by atoms with Gasteiger partial charge in [0, 0.05) is 31.4 Å². The summed E-state index contributed by atoms with van der Waals surface area (Å²) in [7, 11) is 1.94. The molecule has 0 radical (unpaired) electrons. The van der Waals surface area contributed by atoms with E-state index in [4.69, 9.17) is 5.26 Å². The molecule has 1 fully saturated rings. The quantitative estimate of drug-likeness (QED) is 0.641. The molecule has 0 aliphatic carbocycles. The molecule has 94 valence electrons. The third-order valence-electron chi connectivity index (χ3n) is 3.29. The number of rotatable bonds is 3. The van der Waals surface area contributed by atoms with E-state index in [9.17, 15) is 10.1 Å². The number of anilines is 1. The normalized spacial score (nSPS) is 18.3. The average Bonchev–Trinajstić information content (AvgIpc) is 2.90. The molecule has 18 heavy (non-hydrogen) atoms. The monoisotopic (exact) mass is 246 g/mol. The number of hydrogen-bond donors (Lipinski definition) is 1. The van der Waals surface area contributed by atoms with Crippen molar-refractivity contribution in [2.24, 2.45) is 0 Å². The van der Waals surface area contributed by atoms with Crippen LogP contribution in [0.25, 0.3) is 0 Å². The predicted molar refractivity (Wildman–Crippen MR) is 67.5 cm³/mol. The summed E-state index contributed by atoms with van der Waals surface area (Å²) in [5, 5.41) is 23.0. The van der Waals surface area contributed by atoms with Crippen LogP contribution in [0.1, 0.15) is 12.0 Å². The minimum absolute atomic E-state index is 0.107. The van der Waals surface area contributed by atoms with Crippen LogP contribution in [0.2, 0.25) is 0 Å². The lowest BCUT2D eigenvalue weighted by atomic mass is 10.1. The SMILES string of the molecule is CN(c1ccc([N+](=O)[O-])c(C#N)c1)C1CCNC1. The van der Waals surface area contributed by atoms with Crippen LogP contribution in [0.5, 0.6) is 0 Å². The fraction of sp³-hybridized carbons (Fsp3) is 0.417. The van der Waals surface area contributed by atoms with Gasteiger partial charge in [-0.25, -0.2) is 0 Å². The molecule has 0 saturated carbocycles. The summed E-state index contributed by atoms with van der Waals surface area (Å²) < 4.78 is 0. The molecule has 0 bridgehead atoms.